The van der Waals surface area contributed by atoms with Crippen molar-refractivity contribution in [3.05, 3.63) is 33.9 Å². The Hall–Kier alpha value is -2.77. The van der Waals surface area contributed by atoms with Gasteiger partial charge in [-0.1, -0.05) is 0 Å². The van der Waals surface area contributed by atoms with Crippen LogP contribution in [0.1, 0.15) is 16.8 Å². The van der Waals surface area contributed by atoms with Gasteiger partial charge >= 0.3 is 5.97 Å². The van der Waals surface area contributed by atoms with Crippen molar-refractivity contribution < 1.29 is 24.4 Å². The number of anilines is 1. The molecule has 0 aliphatic carbocycles. The summed E-state index contributed by atoms with van der Waals surface area (Å²) in [6.45, 7) is -0.143. The number of nitrogens with zero attached hydrogens (tertiary/aromatic N) is 2. The summed E-state index contributed by atoms with van der Waals surface area (Å²) in [6, 6.07) is 3.28. The van der Waals surface area contributed by atoms with Gasteiger partial charge in [-0.05, 0) is 12.1 Å². The van der Waals surface area contributed by atoms with Crippen molar-refractivity contribution in [1.82, 2.24) is 0 Å². The number of rotatable bonds is 3. The predicted molar refractivity (Wildman–Crippen MR) is 62.0 cm³/mol. The third kappa shape index (κ3) is 2.28. The fraction of sp³-hybridized carbons (Fsp3) is 0.182. The molecule has 8 nitrogen and oxygen atoms in total. The van der Waals surface area contributed by atoms with Gasteiger partial charge in [0.25, 0.3) is 5.69 Å². The first-order chi connectivity index (χ1) is 8.90. The van der Waals surface area contributed by atoms with Crippen LogP contribution in [0.4, 0.5) is 11.4 Å². The Morgan fingerprint density at radius 3 is 2.53 bits per heavy atom. The lowest BCUT2D eigenvalue weighted by molar-refractivity contribution is -0.385. The van der Waals surface area contributed by atoms with E-state index >= 15 is 0 Å². The summed E-state index contributed by atoms with van der Waals surface area (Å²) in [5.74, 6) is -2.19. The van der Waals surface area contributed by atoms with Gasteiger partial charge in [-0.2, -0.15) is 0 Å². The number of benzene rings is 1. The van der Waals surface area contributed by atoms with Crippen LogP contribution >= 0.6 is 0 Å². The highest BCUT2D eigenvalue weighted by Crippen LogP contribution is 2.27. The van der Waals surface area contributed by atoms with E-state index in [9.17, 15) is 24.5 Å². The van der Waals surface area contributed by atoms with Gasteiger partial charge in [-0.25, -0.2) is 4.79 Å². The molecule has 1 N–H and O–H groups in total. The Kier molecular flexibility index (Phi) is 2.99. The zero-order valence-electron chi connectivity index (χ0n) is 9.53. The first-order valence-electron chi connectivity index (χ1n) is 5.24. The van der Waals surface area contributed by atoms with E-state index in [2.05, 4.69) is 0 Å². The number of Topliss-reactive ketones (excluding diaryl/α,β-unsaturated/α-hetero) is 1. The maximum absolute atomic E-state index is 11.5. The van der Waals surface area contributed by atoms with Crippen LogP contribution in [0.2, 0.25) is 0 Å². The molecule has 1 heterocycles. The number of hydrogen-bond acceptors (Lipinski definition) is 5. The van der Waals surface area contributed by atoms with Gasteiger partial charge in [-0.15, -0.1) is 0 Å². The van der Waals surface area contributed by atoms with Crippen molar-refractivity contribution in [3.63, 3.8) is 0 Å². The molecule has 2 rings (SSSR count). The summed E-state index contributed by atoms with van der Waals surface area (Å²) in [5.41, 5.74) is -0.914. The Morgan fingerprint density at radius 1 is 1.37 bits per heavy atom. The molecule has 0 aromatic heterocycles. The number of aromatic carboxylic acids is 1. The molecule has 0 bridgehead atoms. The van der Waals surface area contributed by atoms with Crippen LogP contribution in [0, 0.1) is 10.1 Å². The van der Waals surface area contributed by atoms with Crippen LogP contribution in [-0.2, 0) is 9.59 Å². The van der Waals surface area contributed by atoms with Crippen molar-refractivity contribution >= 4 is 29.0 Å². The van der Waals surface area contributed by atoms with E-state index < -0.39 is 28.1 Å². The van der Waals surface area contributed by atoms with Gasteiger partial charge in [0.15, 0.2) is 5.78 Å². The monoisotopic (exact) mass is 264 g/mol. The smallest absolute Gasteiger partial charge is 0.342 e. The van der Waals surface area contributed by atoms with Crippen LogP contribution in [0.5, 0.6) is 0 Å². The van der Waals surface area contributed by atoms with E-state index in [1.807, 2.05) is 0 Å². The summed E-state index contributed by atoms with van der Waals surface area (Å²) in [5, 5.41) is 19.6. The molecule has 8 heteroatoms. The highest BCUT2D eigenvalue weighted by Gasteiger charge is 2.30. The number of nitro groups is 1. The van der Waals surface area contributed by atoms with E-state index in [-0.39, 0.29) is 24.4 Å². The minimum Gasteiger partial charge on any atom is -0.477 e. The number of nitro benzene ring substituents is 1. The van der Waals surface area contributed by atoms with Crippen LogP contribution in [-0.4, -0.2) is 34.2 Å². The number of carbonyl (C=O) groups is 3. The summed E-state index contributed by atoms with van der Waals surface area (Å²) < 4.78 is 0. The summed E-state index contributed by atoms with van der Waals surface area (Å²) in [7, 11) is 0. The Bertz CT molecular complexity index is 609. The fourth-order valence-electron chi connectivity index (χ4n) is 1.84. The van der Waals surface area contributed by atoms with Gasteiger partial charge in [0.2, 0.25) is 5.91 Å². The van der Waals surface area contributed by atoms with Crippen molar-refractivity contribution in [2.75, 3.05) is 11.4 Å². The Morgan fingerprint density at radius 2 is 2.05 bits per heavy atom. The van der Waals surface area contributed by atoms with Crippen LogP contribution in [0.25, 0.3) is 0 Å². The molecule has 0 unspecified atom stereocenters. The van der Waals surface area contributed by atoms with Gasteiger partial charge in [0.05, 0.1) is 17.9 Å². The molecule has 98 valence electrons. The minimum absolute atomic E-state index is 0.143. The molecule has 0 saturated carbocycles. The number of amides is 1. The minimum atomic E-state index is -1.47. The summed E-state index contributed by atoms with van der Waals surface area (Å²) in [6.07, 6.45) is -0.237. The Balaban J connectivity index is 2.47. The van der Waals surface area contributed by atoms with Crippen molar-refractivity contribution in [1.29, 1.82) is 0 Å². The lowest BCUT2D eigenvalue weighted by atomic mass is 10.1. The molecule has 1 fully saturated rings. The summed E-state index contributed by atoms with van der Waals surface area (Å²) in [4.78, 5) is 44.6. The van der Waals surface area contributed by atoms with Crippen molar-refractivity contribution in [3.8, 4) is 0 Å². The number of carboxylic acids is 1. The quantitative estimate of drug-likeness (QED) is 0.485. The lowest BCUT2D eigenvalue weighted by Gasteiger charge is -2.14. The average Bonchev–Trinajstić information content (AvgIpc) is 2.67. The molecule has 0 atom stereocenters. The molecule has 0 radical (unpaired) electrons. The van der Waals surface area contributed by atoms with Crippen molar-refractivity contribution in [2.24, 2.45) is 0 Å². The Labute approximate surface area is 106 Å². The number of carbonyl (C=O) groups excluding carboxylic acids is 2. The molecule has 0 spiro atoms. The molecule has 1 aliphatic rings. The zero-order chi connectivity index (χ0) is 14.2. The van der Waals surface area contributed by atoms with Crippen LogP contribution in [0.15, 0.2) is 18.2 Å². The zero-order valence-corrected chi connectivity index (χ0v) is 9.53. The van der Waals surface area contributed by atoms with E-state index in [0.717, 1.165) is 17.0 Å². The normalized spacial score (nSPS) is 14.8. The topological polar surface area (TPSA) is 118 Å². The largest absolute Gasteiger partial charge is 0.477 e. The van der Waals surface area contributed by atoms with Crippen molar-refractivity contribution in [2.45, 2.75) is 6.42 Å². The van der Waals surface area contributed by atoms with E-state index in [1.165, 1.54) is 6.07 Å². The van der Waals surface area contributed by atoms with Crippen LogP contribution < -0.4 is 4.90 Å². The molecule has 1 amide bonds. The molecule has 1 aliphatic heterocycles. The molecule has 1 aromatic carbocycles. The number of ketones is 1. The second-order valence-electron chi connectivity index (χ2n) is 3.96. The van der Waals surface area contributed by atoms with E-state index in [0.29, 0.717) is 0 Å². The first-order valence-corrected chi connectivity index (χ1v) is 5.24. The SMILES string of the molecule is O=C1CC(=O)N(c2ccc([N+](=O)[O-])c(C(=O)O)c2)C1. The molecule has 1 saturated heterocycles. The third-order valence-electron chi connectivity index (χ3n) is 2.70. The second-order valence-corrected chi connectivity index (χ2v) is 3.96. The van der Waals surface area contributed by atoms with Gasteiger partial charge in [0, 0.05) is 11.8 Å². The molecular weight excluding hydrogens is 256 g/mol. The van der Waals surface area contributed by atoms with Gasteiger partial charge in [0.1, 0.15) is 5.56 Å². The maximum atomic E-state index is 11.5. The standard InChI is InChI=1S/C11H8N2O6/c14-7-4-10(15)12(5-7)6-1-2-9(13(18)19)8(3-6)11(16)17/h1-3H,4-5H2,(H,16,17). The highest BCUT2D eigenvalue weighted by molar-refractivity contribution is 6.15. The lowest BCUT2D eigenvalue weighted by Crippen LogP contribution is -2.24. The highest BCUT2D eigenvalue weighted by atomic mass is 16.6. The van der Waals surface area contributed by atoms with Gasteiger partial charge < -0.3 is 10.0 Å². The number of carboxylic acid groups (broad SMARTS) is 1. The molecular formula is C11H8N2O6. The average molecular weight is 264 g/mol. The van der Waals surface area contributed by atoms with Gasteiger partial charge in [-0.3, -0.25) is 19.7 Å². The predicted octanol–water partition coefficient (Wildman–Crippen LogP) is 0.599. The second kappa shape index (κ2) is 4.48. The third-order valence-corrected chi connectivity index (χ3v) is 2.70. The van der Waals surface area contributed by atoms with E-state index in [1.54, 1.807) is 0 Å². The maximum Gasteiger partial charge on any atom is 0.342 e. The first kappa shape index (κ1) is 12.7. The number of hydrogen-bond donors (Lipinski definition) is 1. The summed E-state index contributed by atoms with van der Waals surface area (Å²) >= 11 is 0. The molecule has 1 aromatic rings. The fourth-order valence-corrected chi connectivity index (χ4v) is 1.84. The molecule has 19 heavy (non-hydrogen) atoms. The van der Waals surface area contributed by atoms with E-state index in [4.69, 9.17) is 5.11 Å². The van der Waals surface area contributed by atoms with Crippen LogP contribution in [0.3, 0.4) is 0 Å².